The maximum atomic E-state index is 14.0. The molecule has 8 nitrogen and oxygen atoms in total. The normalized spacial score (nSPS) is 17.4. The van der Waals surface area contributed by atoms with Gasteiger partial charge in [-0.05, 0) is 66.3 Å². The first-order valence-corrected chi connectivity index (χ1v) is 14.2. The molecule has 0 saturated heterocycles. The maximum Gasteiger partial charge on any atom is 0.239 e. The van der Waals surface area contributed by atoms with E-state index in [1.807, 2.05) is 71.6 Å². The minimum atomic E-state index is -0.572. The zero-order chi connectivity index (χ0) is 29.9. The second-order valence-electron chi connectivity index (χ2n) is 11.6. The molecular formula is C34H39N3O5. The number of rotatable bonds is 9. The number of para-hydroxylation sites is 2. The van der Waals surface area contributed by atoms with Crippen molar-refractivity contribution in [3.8, 4) is 17.2 Å². The summed E-state index contributed by atoms with van der Waals surface area (Å²) < 4.78 is 16.7. The zero-order valence-electron chi connectivity index (χ0n) is 25.0. The molecule has 1 aliphatic carbocycles. The molecule has 0 saturated carbocycles. The van der Waals surface area contributed by atoms with Crippen LogP contribution in [0.25, 0.3) is 0 Å². The number of carbonyl (C=O) groups is 2. The summed E-state index contributed by atoms with van der Waals surface area (Å²) in [6.07, 6.45) is 1.80. The first kappa shape index (κ1) is 29.0. The van der Waals surface area contributed by atoms with Crippen LogP contribution in [0.1, 0.15) is 43.9 Å². The Morgan fingerprint density at radius 1 is 0.952 bits per heavy atom. The van der Waals surface area contributed by atoms with Crippen LogP contribution in [0.15, 0.2) is 78.0 Å². The summed E-state index contributed by atoms with van der Waals surface area (Å²) in [7, 11) is 4.87. The first-order valence-electron chi connectivity index (χ1n) is 14.2. The van der Waals surface area contributed by atoms with E-state index in [1.165, 1.54) is 0 Å². The topological polar surface area (TPSA) is 89.1 Å². The van der Waals surface area contributed by atoms with Gasteiger partial charge in [0, 0.05) is 29.8 Å². The minimum absolute atomic E-state index is 0.0415. The Kier molecular flexibility index (Phi) is 8.43. The number of hydrogen-bond donors (Lipinski definition) is 2. The van der Waals surface area contributed by atoms with E-state index >= 15 is 0 Å². The van der Waals surface area contributed by atoms with Crippen molar-refractivity contribution in [2.24, 2.45) is 5.41 Å². The fourth-order valence-electron chi connectivity index (χ4n) is 5.95. The summed E-state index contributed by atoms with van der Waals surface area (Å²) in [4.78, 5) is 29.6. The molecule has 1 heterocycles. The van der Waals surface area contributed by atoms with E-state index in [0.29, 0.717) is 42.9 Å². The van der Waals surface area contributed by atoms with Gasteiger partial charge in [0.25, 0.3) is 0 Å². The van der Waals surface area contributed by atoms with Gasteiger partial charge in [-0.2, -0.15) is 0 Å². The minimum Gasteiger partial charge on any atom is -0.497 e. The van der Waals surface area contributed by atoms with Gasteiger partial charge in [0.1, 0.15) is 17.2 Å². The molecule has 1 amide bonds. The fourth-order valence-corrected chi connectivity index (χ4v) is 5.95. The lowest BCUT2D eigenvalue weighted by Crippen LogP contribution is -2.42. The molecule has 0 fully saturated rings. The molecule has 1 unspecified atom stereocenters. The Morgan fingerprint density at radius 2 is 1.67 bits per heavy atom. The van der Waals surface area contributed by atoms with Crippen LogP contribution in [-0.2, 0) is 16.0 Å². The second kappa shape index (κ2) is 12.2. The molecule has 0 aromatic heterocycles. The fraction of sp³-hybridized carbons (Fsp3) is 0.353. The number of benzene rings is 3. The van der Waals surface area contributed by atoms with Crippen molar-refractivity contribution in [1.29, 1.82) is 0 Å². The smallest absolute Gasteiger partial charge is 0.239 e. The Bertz CT molecular complexity index is 1500. The molecule has 2 aliphatic rings. The number of carbonyl (C=O) groups excluding carboxylic acids is 2. The lowest BCUT2D eigenvalue weighted by atomic mass is 9.73. The number of anilines is 2. The molecule has 0 radical (unpaired) electrons. The average Bonchev–Trinajstić information content (AvgIpc) is 3.10. The van der Waals surface area contributed by atoms with Crippen LogP contribution in [0.5, 0.6) is 17.2 Å². The summed E-state index contributed by atoms with van der Waals surface area (Å²) in [5.74, 6) is 1.98. The summed E-state index contributed by atoms with van der Waals surface area (Å²) in [5.41, 5.74) is 4.88. The van der Waals surface area contributed by atoms with Crippen LogP contribution in [0.2, 0.25) is 0 Å². The number of methoxy groups -OCH3 is 3. The number of nitrogens with zero attached hydrogens (tertiary/aromatic N) is 1. The number of hydrogen-bond acceptors (Lipinski definition) is 7. The van der Waals surface area contributed by atoms with Crippen LogP contribution in [0, 0.1) is 5.41 Å². The van der Waals surface area contributed by atoms with Crippen molar-refractivity contribution >= 4 is 23.1 Å². The van der Waals surface area contributed by atoms with E-state index in [0.717, 1.165) is 33.9 Å². The van der Waals surface area contributed by atoms with Crippen molar-refractivity contribution in [1.82, 2.24) is 5.32 Å². The predicted molar refractivity (Wildman–Crippen MR) is 164 cm³/mol. The Balaban J connectivity index is 1.54. The average molecular weight is 570 g/mol. The zero-order valence-corrected chi connectivity index (χ0v) is 25.0. The van der Waals surface area contributed by atoms with Crippen LogP contribution in [0.4, 0.5) is 11.4 Å². The Labute approximate surface area is 247 Å². The van der Waals surface area contributed by atoms with Gasteiger partial charge in [-0.25, -0.2) is 0 Å². The van der Waals surface area contributed by atoms with Crippen LogP contribution < -0.4 is 29.7 Å². The molecule has 3 aromatic rings. The van der Waals surface area contributed by atoms with E-state index in [1.54, 1.807) is 21.3 Å². The van der Waals surface area contributed by atoms with E-state index in [2.05, 4.69) is 24.5 Å². The quantitative estimate of drug-likeness (QED) is 0.342. The lowest BCUT2D eigenvalue weighted by molar-refractivity contribution is -0.120. The summed E-state index contributed by atoms with van der Waals surface area (Å²) >= 11 is 0. The predicted octanol–water partition coefficient (Wildman–Crippen LogP) is 5.69. The molecule has 2 N–H and O–H groups in total. The highest BCUT2D eigenvalue weighted by atomic mass is 16.5. The Hall–Kier alpha value is -4.46. The number of allylic oxidation sites excluding steroid dienone is 1. The molecule has 42 heavy (non-hydrogen) atoms. The number of Topliss-reactive ketones (excluding diaryl/α,β-unsaturated/α-hetero) is 1. The third-order valence-electron chi connectivity index (χ3n) is 7.94. The van der Waals surface area contributed by atoms with Crippen molar-refractivity contribution < 1.29 is 23.8 Å². The SMILES string of the molecule is COc1ccc(CCNC(=O)CN2c3ccccc3NC3=C(C(=O)CC(C)(C)C3)C2c2cc(OC)ccc2OC)cc1. The van der Waals surface area contributed by atoms with Gasteiger partial charge in [0.05, 0.1) is 45.3 Å². The molecule has 5 rings (SSSR count). The van der Waals surface area contributed by atoms with E-state index in [-0.39, 0.29) is 23.7 Å². The number of ether oxygens (including phenoxy) is 3. The highest BCUT2D eigenvalue weighted by Gasteiger charge is 2.43. The van der Waals surface area contributed by atoms with Crippen LogP contribution >= 0.6 is 0 Å². The van der Waals surface area contributed by atoms with Crippen LogP contribution in [0.3, 0.4) is 0 Å². The van der Waals surface area contributed by atoms with E-state index in [9.17, 15) is 9.59 Å². The largest absolute Gasteiger partial charge is 0.497 e. The molecule has 220 valence electrons. The Morgan fingerprint density at radius 3 is 2.38 bits per heavy atom. The first-order chi connectivity index (χ1) is 20.2. The highest BCUT2D eigenvalue weighted by molar-refractivity contribution is 6.02. The van der Waals surface area contributed by atoms with Gasteiger partial charge in [0.2, 0.25) is 5.91 Å². The third kappa shape index (κ3) is 6.08. The van der Waals surface area contributed by atoms with Gasteiger partial charge < -0.3 is 29.7 Å². The molecule has 1 aliphatic heterocycles. The monoisotopic (exact) mass is 569 g/mol. The maximum absolute atomic E-state index is 14.0. The molecule has 0 bridgehead atoms. The lowest BCUT2D eigenvalue weighted by Gasteiger charge is -2.38. The van der Waals surface area contributed by atoms with Gasteiger partial charge in [0.15, 0.2) is 5.78 Å². The van der Waals surface area contributed by atoms with Gasteiger partial charge in [-0.1, -0.05) is 38.1 Å². The molecule has 8 heteroatoms. The van der Waals surface area contributed by atoms with Gasteiger partial charge >= 0.3 is 0 Å². The summed E-state index contributed by atoms with van der Waals surface area (Å²) in [5, 5.41) is 6.68. The standard InChI is InChI=1S/C34H39N3O5/c1-34(2)19-27-32(29(38)20-34)33(25-18-24(41-4)14-15-30(25)42-5)37(28-9-7-6-8-26(28)36-27)21-31(39)35-17-16-22-10-12-23(40-3)13-11-22/h6-15,18,33,36H,16-17,19-21H2,1-5H3,(H,35,39). The summed E-state index contributed by atoms with van der Waals surface area (Å²) in [6, 6.07) is 20.7. The van der Waals surface area contributed by atoms with Crippen molar-refractivity contribution in [3.63, 3.8) is 0 Å². The molecular weight excluding hydrogens is 530 g/mol. The molecule has 0 spiro atoms. The molecule has 3 aromatic carbocycles. The number of ketones is 1. The number of amides is 1. The number of nitrogens with one attached hydrogen (secondary N) is 2. The van der Waals surface area contributed by atoms with E-state index in [4.69, 9.17) is 14.2 Å². The van der Waals surface area contributed by atoms with Crippen molar-refractivity contribution in [3.05, 3.63) is 89.1 Å². The van der Waals surface area contributed by atoms with Gasteiger partial charge in [-0.3, -0.25) is 9.59 Å². The number of fused-ring (bicyclic) bond motifs is 1. The van der Waals surface area contributed by atoms with Gasteiger partial charge in [-0.15, -0.1) is 0 Å². The van der Waals surface area contributed by atoms with Crippen LogP contribution in [-0.4, -0.2) is 46.1 Å². The van der Waals surface area contributed by atoms with Crippen molar-refractivity contribution in [2.75, 3.05) is 44.6 Å². The molecule has 1 atom stereocenters. The highest BCUT2D eigenvalue weighted by Crippen LogP contribution is 2.50. The van der Waals surface area contributed by atoms with Crippen molar-refractivity contribution in [2.45, 2.75) is 39.2 Å². The summed E-state index contributed by atoms with van der Waals surface area (Å²) in [6.45, 7) is 4.75. The third-order valence-corrected chi connectivity index (χ3v) is 7.94. The van der Waals surface area contributed by atoms with E-state index < -0.39 is 6.04 Å². The second-order valence-corrected chi connectivity index (χ2v) is 11.6.